The van der Waals surface area contributed by atoms with Gasteiger partial charge in [-0.15, -0.1) is 0 Å². The molecule has 1 N–H and O–H groups in total. The van der Waals surface area contributed by atoms with Gasteiger partial charge >= 0.3 is 5.97 Å². The van der Waals surface area contributed by atoms with Gasteiger partial charge in [-0.3, -0.25) is 5.32 Å². The average Bonchev–Trinajstić information content (AvgIpc) is 2.81. The smallest absolute Gasteiger partial charge is 0.330 e. The van der Waals surface area contributed by atoms with E-state index >= 15 is 0 Å². The number of rotatable bonds is 3. The van der Waals surface area contributed by atoms with Crippen molar-refractivity contribution in [3.63, 3.8) is 0 Å². The topological polar surface area (TPSA) is 38.3 Å². The molecule has 0 spiro atoms. The summed E-state index contributed by atoms with van der Waals surface area (Å²) >= 11 is 5.87. The van der Waals surface area contributed by atoms with Gasteiger partial charge in [-0.25, -0.2) is 4.79 Å². The monoisotopic (exact) mass is 253 g/mol. The second-order valence-electron chi connectivity index (χ2n) is 4.16. The molecule has 1 atom stereocenters. The maximum atomic E-state index is 12.1. The van der Waals surface area contributed by atoms with Gasteiger partial charge in [0.25, 0.3) is 0 Å². The van der Waals surface area contributed by atoms with E-state index < -0.39 is 5.54 Å². The summed E-state index contributed by atoms with van der Waals surface area (Å²) in [6.07, 6.45) is 1.74. The van der Waals surface area contributed by atoms with Crippen molar-refractivity contribution in [2.45, 2.75) is 25.3 Å². The molecular formula is C13H16ClNO2. The Labute approximate surface area is 106 Å². The summed E-state index contributed by atoms with van der Waals surface area (Å²) in [6, 6.07) is 7.38. The Balaban J connectivity index is 2.34. The molecule has 0 bridgehead atoms. The molecular weight excluding hydrogens is 238 g/mol. The summed E-state index contributed by atoms with van der Waals surface area (Å²) < 4.78 is 5.18. The zero-order chi connectivity index (χ0) is 12.3. The van der Waals surface area contributed by atoms with Gasteiger partial charge < -0.3 is 4.74 Å². The Morgan fingerprint density at radius 3 is 2.71 bits per heavy atom. The van der Waals surface area contributed by atoms with Crippen molar-refractivity contribution in [1.82, 2.24) is 5.32 Å². The Hall–Kier alpha value is -1.06. The Morgan fingerprint density at radius 1 is 1.47 bits per heavy atom. The van der Waals surface area contributed by atoms with Crippen molar-refractivity contribution in [3.05, 3.63) is 34.9 Å². The minimum atomic E-state index is -0.680. The quantitative estimate of drug-likeness (QED) is 0.841. The number of benzene rings is 1. The Bertz CT molecular complexity index is 396. The van der Waals surface area contributed by atoms with Crippen molar-refractivity contribution in [1.29, 1.82) is 0 Å². The highest BCUT2D eigenvalue weighted by Crippen LogP contribution is 2.32. The number of hydrogen-bond donors (Lipinski definition) is 1. The van der Waals surface area contributed by atoms with Gasteiger partial charge in [0.15, 0.2) is 0 Å². The van der Waals surface area contributed by atoms with E-state index in [0.717, 1.165) is 24.9 Å². The lowest BCUT2D eigenvalue weighted by Crippen LogP contribution is -2.45. The molecule has 1 heterocycles. The average molecular weight is 254 g/mol. The van der Waals surface area contributed by atoms with E-state index in [4.69, 9.17) is 16.3 Å². The number of esters is 1. The Kier molecular flexibility index (Phi) is 3.69. The third-order valence-electron chi connectivity index (χ3n) is 3.12. The summed E-state index contributed by atoms with van der Waals surface area (Å²) in [5.41, 5.74) is 0.249. The first-order valence-electron chi connectivity index (χ1n) is 5.87. The van der Waals surface area contributed by atoms with Crippen LogP contribution >= 0.6 is 11.6 Å². The van der Waals surface area contributed by atoms with Crippen molar-refractivity contribution in [2.75, 3.05) is 13.2 Å². The number of ether oxygens (including phenoxy) is 1. The van der Waals surface area contributed by atoms with Crippen LogP contribution in [0.15, 0.2) is 24.3 Å². The van der Waals surface area contributed by atoms with E-state index in [-0.39, 0.29) is 5.97 Å². The molecule has 17 heavy (non-hydrogen) atoms. The maximum Gasteiger partial charge on any atom is 0.330 e. The highest BCUT2D eigenvalue weighted by molar-refractivity contribution is 6.30. The lowest BCUT2D eigenvalue weighted by Gasteiger charge is -2.27. The fraction of sp³-hybridized carbons (Fsp3) is 0.462. The minimum Gasteiger partial charge on any atom is -0.464 e. The molecule has 3 nitrogen and oxygen atoms in total. The molecule has 0 radical (unpaired) electrons. The molecule has 0 aliphatic carbocycles. The van der Waals surface area contributed by atoms with E-state index in [1.807, 2.05) is 19.1 Å². The lowest BCUT2D eigenvalue weighted by atomic mass is 9.88. The third-order valence-corrected chi connectivity index (χ3v) is 3.37. The van der Waals surface area contributed by atoms with Crippen molar-refractivity contribution in [3.8, 4) is 0 Å². The number of nitrogens with one attached hydrogen (secondary N) is 1. The summed E-state index contributed by atoms with van der Waals surface area (Å²) in [7, 11) is 0. The predicted molar refractivity (Wildman–Crippen MR) is 67.0 cm³/mol. The van der Waals surface area contributed by atoms with Crippen LogP contribution in [0.2, 0.25) is 5.02 Å². The molecule has 1 unspecified atom stereocenters. The molecule has 0 saturated carbocycles. The molecule has 92 valence electrons. The van der Waals surface area contributed by atoms with Gasteiger partial charge in [-0.05, 0) is 44.0 Å². The van der Waals surface area contributed by atoms with Crippen LogP contribution in [0.4, 0.5) is 0 Å². The van der Waals surface area contributed by atoms with Crippen molar-refractivity contribution < 1.29 is 9.53 Å². The molecule has 0 aromatic heterocycles. The zero-order valence-corrected chi connectivity index (χ0v) is 10.6. The lowest BCUT2D eigenvalue weighted by molar-refractivity contribution is -0.151. The molecule has 0 amide bonds. The predicted octanol–water partition coefficient (Wildman–Crippen LogP) is 2.48. The molecule has 1 aromatic rings. The Morgan fingerprint density at radius 2 is 2.18 bits per heavy atom. The standard InChI is InChI=1S/C13H16ClNO2/c1-2-17-12(16)13(8-3-9-15-13)10-4-6-11(14)7-5-10/h4-7,15H,2-3,8-9H2,1H3. The summed E-state index contributed by atoms with van der Waals surface area (Å²) in [6.45, 7) is 3.06. The van der Waals surface area contributed by atoms with Crippen LogP contribution in [0, 0.1) is 0 Å². The van der Waals surface area contributed by atoms with Gasteiger partial charge in [-0.1, -0.05) is 23.7 Å². The molecule has 1 aliphatic heterocycles. The number of carbonyl (C=O) groups excluding carboxylic acids is 1. The first-order valence-corrected chi connectivity index (χ1v) is 6.25. The zero-order valence-electron chi connectivity index (χ0n) is 9.83. The molecule has 1 fully saturated rings. The van der Waals surface area contributed by atoms with Gasteiger partial charge in [0, 0.05) is 5.02 Å². The number of carbonyl (C=O) groups is 1. The van der Waals surface area contributed by atoms with Crippen LogP contribution in [0.5, 0.6) is 0 Å². The van der Waals surface area contributed by atoms with Gasteiger partial charge in [0.1, 0.15) is 5.54 Å². The second kappa shape index (κ2) is 5.07. The van der Waals surface area contributed by atoms with Crippen molar-refractivity contribution in [2.24, 2.45) is 0 Å². The third kappa shape index (κ3) is 2.31. The fourth-order valence-corrected chi connectivity index (χ4v) is 2.40. The highest BCUT2D eigenvalue weighted by atomic mass is 35.5. The first kappa shape index (κ1) is 12.4. The molecule has 4 heteroatoms. The van der Waals surface area contributed by atoms with Crippen LogP contribution in [0.25, 0.3) is 0 Å². The summed E-state index contributed by atoms with van der Waals surface area (Å²) in [5, 5.41) is 3.94. The molecule has 1 aliphatic rings. The highest BCUT2D eigenvalue weighted by Gasteiger charge is 2.43. The normalized spacial score (nSPS) is 23.6. The molecule has 2 rings (SSSR count). The van der Waals surface area contributed by atoms with E-state index in [2.05, 4.69) is 5.32 Å². The van der Waals surface area contributed by atoms with Crippen LogP contribution in [0.3, 0.4) is 0 Å². The SMILES string of the molecule is CCOC(=O)C1(c2ccc(Cl)cc2)CCCN1. The van der Waals surface area contributed by atoms with Gasteiger partial charge in [0.2, 0.25) is 0 Å². The first-order chi connectivity index (χ1) is 8.19. The van der Waals surface area contributed by atoms with Crippen LogP contribution in [-0.4, -0.2) is 19.1 Å². The van der Waals surface area contributed by atoms with Crippen LogP contribution in [-0.2, 0) is 15.1 Å². The van der Waals surface area contributed by atoms with Crippen molar-refractivity contribution >= 4 is 17.6 Å². The van der Waals surface area contributed by atoms with E-state index in [0.29, 0.717) is 11.6 Å². The van der Waals surface area contributed by atoms with E-state index in [1.54, 1.807) is 12.1 Å². The van der Waals surface area contributed by atoms with Crippen LogP contribution in [0.1, 0.15) is 25.3 Å². The van der Waals surface area contributed by atoms with E-state index in [1.165, 1.54) is 0 Å². The molecule has 1 aromatic carbocycles. The largest absolute Gasteiger partial charge is 0.464 e. The minimum absolute atomic E-state index is 0.195. The molecule has 1 saturated heterocycles. The number of hydrogen-bond acceptors (Lipinski definition) is 3. The second-order valence-corrected chi connectivity index (χ2v) is 4.60. The van der Waals surface area contributed by atoms with Gasteiger partial charge in [0.05, 0.1) is 6.61 Å². The van der Waals surface area contributed by atoms with E-state index in [9.17, 15) is 4.79 Å². The summed E-state index contributed by atoms with van der Waals surface area (Å²) in [5.74, 6) is -0.195. The van der Waals surface area contributed by atoms with Crippen LogP contribution < -0.4 is 5.32 Å². The summed E-state index contributed by atoms with van der Waals surface area (Å²) in [4.78, 5) is 12.1. The fourth-order valence-electron chi connectivity index (χ4n) is 2.27. The van der Waals surface area contributed by atoms with Gasteiger partial charge in [-0.2, -0.15) is 0 Å². The maximum absolute atomic E-state index is 12.1. The number of halogens is 1.